The first-order valence-corrected chi connectivity index (χ1v) is 11.6. The number of esters is 3. The van der Waals surface area contributed by atoms with Gasteiger partial charge < -0.3 is 23.7 Å². The molecule has 5 atom stereocenters. The van der Waals surface area contributed by atoms with Crippen molar-refractivity contribution >= 4 is 17.9 Å². The molecule has 1 aliphatic rings. The fourth-order valence-corrected chi connectivity index (χ4v) is 3.24. The maximum Gasteiger partial charge on any atom is 0.311 e. The van der Waals surface area contributed by atoms with E-state index in [1.807, 2.05) is 30.3 Å². The minimum absolute atomic E-state index is 0.0929. The number of hydrogen-bond acceptors (Lipinski definition) is 9. The molecule has 36 heavy (non-hydrogen) atoms. The molecule has 198 valence electrons. The number of nitrogens with zero attached hydrogens (tertiary/aromatic N) is 3. The topological polar surface area (TPSA) is 146 Å². The third kappa shape index (κ3) is 8.22. The molecule has 0 unspecified atom stereocenters. The molecular weight excluding hydrogens is 470 g/mol. The van der Waals surface area contributed by atoms with Crippen LogP contribution in [-0.2, 0) is 44.7 Å². The largest absolute Gasteiger partial charge is 0.462 e. The molecule has 1 aromatic carbocycles. The van der Waals surface area contributed by atoms with E-state index in [4.69, 9.17) is 23.7 Å². The SMILES string of the molecule is CC(=O)O[C@H]1[C@H](OC(=O)C(C)(C)C)[C@H](N=[N+]=[N-])[C@H](OCc2ccccc2)O[C@@H]1COC(=O)C(C)(C)C. The van der Waals surface area contributed by atoms with E-state index in [0.717, 1.165) is 5.56 Å². The second kappa shape index (κ2) is 12.2. The Labute approximate surface area is 211 Å². The van der Waals surface area contributed by atoms with Gasteiger partial charge in [-0.15, -0.1) is 0 Å². The van der Waals surface area contributed by atoms with Crippen molar-refractivity contribution in [1.82, 2.24) is 0 Å². The van der Waals surface area contributed by atoms with Crippen LogP contribution in [0.15, 0.2) is 35.4 Å². The van der Waals surface area contributed by atoms with E-state index in [-0.39, 0.29) is 13.2 Å². The summed E-state index contributed by atoms with van der Waals surface area (Å²) in [5, 5.41) is 3.77. The van der Waals surface area contributed by atoms with Gasteiger partial charge >= 0.3 is 17.9 Å². The minimum Gasteiger partial charge on any atom is -0.462 e. The highest BCUT2D eigenvalue weighted by Crippen LogP contribution is 2.32. The molecule has 11 heteroatoms. The zero-order chi connectivity index (χ0) is 27.1. The Morgan fingerprint density at radius 2 is 1.58 bits per heavy atom. The first kappa shape index (κ1) is 29.1. The summed E-state index contributed by atoms with van der Waals surface area (Å²) in [6.45, 7) is 11.0. The van der Waals surface area contributed by atoms with Gasteiger partial charge in [-0.2, -0.15) is 0 Å². The van der Waals surface area contributed by atoms with Gasteiger partial charge in [-0.1, -0.05) is 35.4 Å². The van der Waals surface area contributed by atoms with Crippen molar-refractivity contribution in [2.75, 3.05) is 6.61 Å². The Morgan fingerprint density at radius 1 is 0.972 bits per heavy atom. The zero-order valence-electron chi connectivity index (χ0n) is 21.8. The summed E-state index contributed by atoms with van der Waals surface area (Å²) in [6.07, 6.45) is -4.74. The van der Waals surface area contributed by atoms with Crippen molar-refractivity contribution in [3.63, 3.8) is 0 Å². The molecule has 0 aliphatic carbocycles. The van der Waals surface area contributed by atoms with E-state index in [9.17, 15) is 19.9 Å². The highest BCUT2D eigenvalue weighted by molar-refractivity contribution is 5.76. The summed E-state index contributed by atoms with van der Waals surface area (Å²) in [7, 11) is 0. The Bertz CT molecular complexity index is 964. The second-order valence-electron chi connectivity index (χ2n) is 10.6. The van der Waals surface area contributed by atoms with Gasteiger partial charge in [0.1, 0.15) is 18.8 Å². The second-order valence-corrected chi connectivity index (χ2v) is 10.6. The van der Waals surface area contributed by atoms with Crippen molar-refractivity contribution in [2.45, 2.75) is 85.7 Å². The van der Waals surface area contributed by atoms with Crippen LogP contribution in [0, 0.1) is 10.8 Å². The van der Waals surface area contributed by atoms with E-state index < -0.39 is 59.4 Å². The van der Waals surface area contributed by atoms with Gasteiger partial charge in [0.25, 0.3) is 0 Å². The molecule has 1 aromatic rings. The zero-order valence-corrected chi connectivity index (χ0v) is 21.8. The number of hydrogen-bond donors (Lipinski definition) is 0. The Morgan fingerprint density at radius 3 is 2.11 bits per heavy atom. The van der Waals surface area contributed by atoms with Crippen LogP contribution in [0.3, 0.4) is 0 Å². The van der Waals surface area contributed by atoms with Crippen molar-refractivity contribution in [3.8, 4) is 0 Å². The third-order valence-corrected chi connectivity index (χ3v) is 5.21. The molecule has 0 bridgehead atoms. The number of benzene rings is 1. The molecule has 1 aliphatic heterocycles. The van der Waals surface area contributed by atoms with E-state index in [1.54, 1.807) is 41.5 Å². The Kier molecular flexibility index (Phi) is 9.86. The molecule has 0 amide bonds. The van der Waals surface area contributed by atoms with E-state index in [1.165, 1.54) is 6.92 Å². The van der Waals surface area contributed by atoms with Gasteiger partial charge in [-0.3, -0.25) is 14.4 Å². The number of carbonyl (C=O) groups excluding carboxylic acids is 3. The van der Waals surface area contributed by atoms with Crippen molar-refractivity contribution in [2.24, 2.45) is 15.9 Å². The first-order valence-electron chi connectivity index (χ1n) is 11.6. The van der Waals surface area contributed by atoms with E-state index in [0.29, 0.717) is 0 Å². The maximum absolute atomic E-state index is 12.8. The molecule has 0 spiro atoms. The van der Waals surface area contributed by atoms with Crippen LogP contribution in [0.1, 0.15) is 54.0 Å². The Balaban J connectivity index is 2.43. The highest BCUT2D eigenvalue weighted by Gasteiger charge is 2.51. The summed E-state index contributed by atoms with van der Waals surface area (Å²) < 4.78 is 28.6. The summed E-state index contributed by atoms with van der Waals surface area (Å²) in [6, 6.07) is 8.02. The lowest BCUT2D eigenvalue weighted by Gasteiger charge is -2.44. The van der Waals surface area contributed by atoms with Crippen LogP contribution in [-0.4, -0.2) is 55.2 Å². The van der Waals surface area contributed by atoms with Gasteiger partial charge in [-0.25, -0.2) is 0 Å². The van der Waals surface area contributed by atoms with Gasteiger partial charge in [0.15, 0.2) is 18.5 Å². The smallest absolute Gasteiger partial charge is 0.311 e. The molecule has 11 nitrogen and oxygen atoms in total. The van der Waals surface area contributed by atoms with Crippen LogP contribution >= 0.6 is 0 Å². The van der Waals surface area contributed by atoms with E-state index >= 15 is 0 Å². The molecule has 0 radical (unpaired) electrons. The van der Waals surface area contributed by atoms with Crippen molar-refractivity contribution < 1.29 is 38.1 Å². The van der Waals surface area contributed by atoms with Gasteiger partial charge in [-0.05, 0) is 52.6 Å². The lowest BCUT2D eigenvalue weighted by Crippen LogP contribution is -2.61. The molecule has 1 saturated heterocycles. The average molecular weight is 506 g/mol. The molecule has 0 N–H and O–H groups in total. The molecule has 0 aromatic heterocycles. The third-order valence-electron chi connectivity index (χ3n) is 5.21. The number of azide groups is 1. The van der Waals surface area contributed by atoms with Crippen molar-refractivity contribution in [1.29, 1.82) is 0 Å². The van der Waals surface area contributed by atoms with Gasteiger partial charge in [0.2, 0.25) is 0 Å². The Hall–Kier alpha value is -3.14. The fraction of sp³-hybridized carbons (Fsp3) is 0.640. The number of ether oxygens (including phenoxy) is 5. The molecule has 2 rings (SSSR count). The number of carbonyl (C=O) groups is 3. The number of rotatable bonds is 8. The summed E-state index contributed by atoms with van der Waals surface area (Å²) in [4.78, 5) is 40.1. The maximum atomic E-state index is 12.8. The highest BCUT2D eigenvalue weighted by atomic mass is 16.7. The molecule has 1 heterocycles. The molecule has 0 saturated carbocycles. The predicted molar refractivity (Wildman–Crippen MR) is 128 cm³/mol. The lowest BCUT2D eigenvalue weighted by molar-refractivity contribution is -0.278. The minimum atomic E-state index is -1.26. The van der Waals surface area contributed by atoms with E-state index in [2.05, 4.69) is 10.0 Å². The van der Waals surface area contributed by atoms with Crippen LogP contribution in [0.25, 0.3) is 10.4 Å². The van der Waals surface area contributed by atoms with Gasteiger partial charge in [0.05, 0.1) is 17.4 Å². The monoisotopic (exact) mass is 505 g/mol. The van der Waals surface area contributed by atoms with Gasteiger partial charge in [0, 0.05) is 11.8 Å². The van der Waals surface area contributed by atoms with Crippen LogP contribution in [0.2, 0.25) is 0 Å². The molecular formula is C25H35N3O8. The normalized spacial score (nSPS) is 24.2. The average Bonchev–Trinajstić information content (AvgIpc) is 2.78. The quantitative estimate of drug-likeness (QED) is 0.169. The molecule has 1 fully saturated rings. The summed E-state index contributed by atoms with van der Waals surface area (Å²) in [5.74, 6) is -1.80. The standard InChI is InChI=1S/C25H35N3O8/c1-15(29)34-19-17(14-33-22(30)24(2,3)4)35-21(32-13-16-11-9-8-10-12-16)18(27-28-26)20(19)36-23(31)25(5,6)7/h8-12,17-21H,13-14H2,1-7H3/t17-,18+,19-,20-,21-/m1/s1. The van der Waals surface area contributed by atoms with Crippen LogP contribution in [0.4, 0.5) is 0 Å². The summed E-state index contributed by atoms with van der Waals surface area (Å²) >= 11 is 0. The predicted octanol–water partition coefficient (Wildman–Crippen LogP) is 4.09. The van der Waals surface area contributed by atoms with Crippen LogP contribution < -0.4 is 0 Å². The fourth-order valence-electron chi connectivity index (χ4n) is 3.24. The first-order chi connectivity index (χ1) is 16.7. The lowest BCUT2D eigenvalue weighted by atomic mass is 9.94. The van der Waals surface area contributed by atoms with Crippen molar-refractivity contribution in [3.05, 3.63) is 46.3 Å². The van der Waals surface area contributed by atoms with Crippen LogP contribution in [0.5, 0.6) is 0 Å². The summed E-state index contributed by atoms with van der Waals surface area (Å²) in [5.41, 5.74) is 8.38.